The minimum absolute atomic E-state index is 0.00642. The van der Waals surface area contributed by atoms with E-state index in [9.17, 15) is 18.0 Å². The van der Waals surface area contributed by atoms with Gasteiger partial charge in [-0.2, -0.15) is 13.2 Å². The Bertz CT molecular complexity index is 829. The third kappa shape index (κ3) is 5.23. The first-order valence-corrected chi connectivity index (χ1v) is 8.17. The Labute approximate surface area is 156 Å². The quantitative estimate of drug-likeness (QED) is 0.567. The lowest BCUT2D eigenvalue weighted by molar-refractivity contribution is -0.144. The van der Waals surface area contributed by atoms with Gasteiger partial charge in [-0.15, -0.1) is 6.42 Å². The molecular formula is C20H19F3N2O2. The molecule has 0 bridgehead atoms. The van der Waals surface area contributed by atoms with Crippen LogP contribution in [0.4, 0.5) is 19.0 Å². The third-order valence-electron chi connectivity index (χ3n) is 3.93. The van der Waals surface area contributed by atoms with E-state index in [1.54, 1.807) is 11.8 Å². The zero-order valence-electron chi connectivity index (χ0n) is 15.0. The van der Waals surface area contributed by atoms with Crippen molar-refractivity contribution in [2.75, 3.05) is 18.6 Å². The highest BCUT2D eigenvalue weighted by atomic mass is 19.4. The highest BCUT2D eigenvalue weighted by Gasteiger charge is 2.34. The number of carbonyl (C=O) groups is 1. The van der Waals surface area contributed by atoms with E-state index >= 15 is 0 Å². The molecule has 0 radical (unpaired) electrons. The van der Waals surface area contributed by atoms with Crippen molar-refractivity contribution in [2.24, 2.45) is 5.92 Å². The topological polar surface area (TPSA) is 42.4 Å². The Balaban J connectivity index is 2.48. The van der Waals surface area contributed by atoms with Crippen molar-refractivity contribution in [1.82, 2.24) is 4.98 Å². The second kappa shape index (κ2) is 8.58. The molecule has 1 unspecified atom stereocenters. The van der Waals surface area contributed by atoms with E-state index in [0.29, 0.717) is 0 Å². The molecule has 27 heavy (non-hydrogen) atoms. The number of methoxy groups -OCH3 is 1. The summed E-state index contributed by atoms with van der Waals surface area (Å²) in [6.07, 6.45) is 0.865. The molecule has 4 nitrogen and oxygen atoms in total. The number of esters is 1. The van der Waals surface area contributed by atoms with Crippen molar-refractivity contribution in [3.8, 4) is 12.3 Å². The van der Waals surface area contributed by atoms with Crippen molar-refractivity contribution in [3.63, 3.8) is 0 Å². The van der Waals surface area contributed by atoms with Crippen LogP contribution in [0.15, 0.2) is 42.5 Å². The normalized spacial score (nSPS) is 12.1. The average Bonchev–Trinajstić information content (AvgIpc) is 2.66. The highest BCUT2D eigenvalue weighted by Crippen LogP contribution is 2.31. The number of carbonyl (C=O) groups excluding carboxylic acids is 1. The summed E-state index contributed by atoms with van der Waals surface area (Å²) in [6, 6.07) is 11.2. The zero-order chi connectivity index (χ0) is 20.0. The number of rotatable bonds is 6. The predicted octanol–water partition coefficient (Wildman–Crippen LogP) is 3.90. The molecule has 0 aliphatic carbocycles. The number of alkyl halides is 3. The van der Waals surface area contributed by atoms with E-state index in [-0.39, 0.29) is 24.5 Å². The molecule has 1 atom stereocenters. The van der Waals surface area contributed by atoms with Gasteiger partial charge in [0.1, 0.15) is 11.5 Å². The van der Waals surface area contributed by atoms with Gasteiger partial charge in [-0.25, -0.2) is 4.98 Å². The van der Waals surface area contributed by atoms with Crippen LogP contribution in [-0.4, -0.2) is 24.6 Å². The van der Waals surface area contributed by atoms with Gasteiger partial charge in [0, 0.05) is 13.1 Å². The summed E-state index contributed by atoms with van der Waals surface area (Å²) in [4.78, 5) is 17.1. The molecule has 0 saturated heterocycles. The minimum Gasteiger partial charge on any atom is -0.469 e. The maximum Gasteiger partial charge on any atom is 0.433 e. The molecule has 0 spiro atoms. The lowest BCUT2D eigenvalue weighted by Gasteiger charge is -2.27. The van der Waals surface area contributed by atoms with E-state index in [1.165, 1.54) is 13.2 Å². The first-order chi connectivity index (χ1) is 12.8. The van der Waals surface area contributed by atoms with Crippen molar-refractivity contribution in [2.45, 2.75) is 19.6 Å². The summed E-state index contributed by atoms with van der Waals surface area (Å²) in [5.41, 5.74) is 0.0213. The largest absolute Gasteiger partial charge is 0.469 e. The number of aromatic nitrogens is 1. The molecule has 0 amide bonds. The van der Waals surface area contributed by atoms with Crippen LogP contribution < -0.4 is 4.90 Å². The number of pyridine rings is 1. The number of hydrogen-bond acceptors (Lipinski definition) is 4. The van der Waals surface area contributed by atoms with Crippen LogP contribution >= 0.6 is 0 Å². The van der Waals surface area contributed by atoms with Crippen LogP contribution in [0.1, 0.15) is 23.7 Å². The van der Waals surface area contributed by atoms with E-state index in [1.807, 2.05) is 30.3 Å². The van der Waals surface area contributed by atoms with E-state index in [0.717, 1.165) is 11.6 Å². The molecule has 0 saturated carbocycles. The van der Waals surface area contributed by atoms with Gasteiger partial charge in [0.05, 0.1) is 18.6 Å². The lowest BCUT2D eigenvalue weighted by Crippen LogP contribution is -2.33. The lowest BCUT2D eigenvalue weighted by atomic mass is 10.1. The Hall–Kier alpha value is -3.01. The summed E-state index contributed by atoms with van der Waals surface area (Å²) >= 11 is 0. The zero-order valence-corrected chi connectivity index (χ0v) is 15.0. The fraction of sp³-hybridized carbons (Fsp3) is 0.300. The number of hydrogen-bond donors (Lipinski definition) is 0. The molecule has 0 aliphatic heterocycles. The molecule has 1 heterocycles. The van der Waals surface area contributed by atoms with Crippen molar-refractivity contribution < 1.29 is 22.7 Å². The highest BCUT2D eigenvalue weighted by molar-refractivity contribution is 5.73. The number of nitrogens with zero attached hydrogens (tertiary/aromatic N) is 2. The number of anilines is 1. The fourth-order valence-electron chi connectivity index (χ4n) is 2.60. The third-order valence-corrected chi connectivity index (χ3v) is 3.93. The molecular weight excluding hydrogens is 357 g/mol. The molecule has 142 valence electrons. The van der Waals surface area contributed by atoms with Crippen LogP contribution in [0.3, 0.4) is 0 Å². The predicted molar refractivity (Wildman–Crippen MR) is 95.8 cm³/mol. The summed E-state index contributed by atoms with van der Waals surface area (Å²) in [5, 5.41) is 0. The molecule has 1 aromatic carbocycles. The standard InChI is InChI=1S/C20H19F3N2O2/c1-4-16-10-11-17(20(21,22)23)24-18(16)25(12-14(2)19(26)27-3)13-15-8-6-5-7-9-15/h1,5-11,14H,12-13H2,2-3H3. The van der Waals surface area contributed by atoms with E-state index < -0.39 is 23.8 Å². The van der Waals surface area contributed by atoms with Gasteiger partial charge < -0.3 is 9.64 Å². The van der Waals surface area contributed by atoms with Gasteiger partial charge in [-0.05, 0) is 17.7 Å². The van der Waals surface area contributed by atoms with Crippen molar-refractivity contribution in [1.29, 1.82) is 0 Å². The Kier molecular flexibility index (Phi) is 6.45. The second-order valence-corrected chi connectivity index (χ2v) is 6.00. The van der Waals surface area contributed by atoms with E-state index in [2.05, 4.69) is 10.9 Å². The van der Waals surface area contributed by atoms with Crippen molar-refractivity contribution >= 4 is 11.8 Å². The molecule has 7 heteroatoms. The molecule has 2 rings (SSSR count). The van der Waals surface area contributed by atoms with Gasteiger partial charge in [-0.1, -0.05) is 43.2 Å². The first kappa shape index (κ1) is 20.3. The smallest absolute Gasteiger partial charge is 0.433 e. The Morgan fingerprint density at radius 1 is 1.26 bits per heavy atom. The van der Waals surface area contributed by atoms with Crippen LogP contribution in [0.5, 0.6) is 0 Å². The van der Waals surface area contributed by atoms with Gasteiger partial charge in [0.15, 0.2) is 0 Å². The summed E-state index contributed by atoms with van der Waals surface area (Å²) in [6.45, 7) is 1.97. The maximum absolute atomic E-state index is 13.1. The maximum atomic E-state index is 13.1. The van der Waals surface area contributed by atoms with E-state index in [4.69, 9.17) is 11.2 Å². The number of benzene rings is 1. The Morgan fingerprint density at radius 3 is 2.48 bits per heavy atom. The van der Waals surface area contributed by atoms with Crippen LogP contribution in [0, 0.1) is 18.3 Å². The summed E-state index contributed by atoms with van der Waals surface area (Å²) in [5.74, 6) is 1.32. The minimum atomic E-state index is -4.60. The number of ether oxygens (including phenoxy) is 1. The molecule has 0 aliphatic rings. The molecule has 2 aromatic rings. The summed E-state index contributed by atoms with van der Waals surface area (Å²) in [7, 11) is 1.26. The van der Waals surface area contributed by atoms with Crippen LogP contribution in [0.25, 0.3) is 0 Å². The second-order valence-electron chi connectivity index (χ2n) is 6.00. The van der Waals surface area contributed by atoms with Crippen molar-refractivity contribution in [3.05, 3.63) is 59.3 Å². The fourth-order valence-corrected chi connectivity index (χ4v) is 2.60. The van der Waals surface area contributed by atoms with Crippen LogP contribution in [0.2, 0.25) is 0 Å². The summed E-state index contributed by atoms with van der Waals surface area (Å²) < 4.78 is 44.1. The Morgan fingerprint density at radius 2 is 1.93 bits per heavy atom. The number of halogens is 3. The van der Waals surface area contributed by atoms with Gasteiger partial charge in [0.25, 0.3) is 0 Å². The van der Waals surface area contributed by atoms with Crippen LogP contribution in [-0.2, 0) is 22.3 Å². The average molecular weight is 376 g/mol. The molecule has 0 fully saturated rings. The SMILES string of the molecule is C#Cc1ccc(C(F)(F)F)nc1N(Cc1ccccc1)CC(C)C(=O)OC. The van der Waals surface area contributed by atoms with Gasteiger partial charge in [0.2, 0.25) is 0 Å². The molecule has 1 aromatic heterocycles. The monoisotopic (exact) mass is 376 g/mol. The number of terminal acetylenes is 1. The first-order valence-electron chi connectivity index (χ1n) is 8.17. The molecule has 0 N–H and O–H groups in total. The van der Waals surface area contributed by atoms with Gasteiger partial charge >= 0.3 is 12.1 Å². The van der Waals surface area contributed by atoms with Gasteiger partial charge in [-0.3, -0.25) is 4.79 Å².